The molecule has 0 saturated heterocycles. The zero-order valence-corrected chi connectivity index (χ0v) is 12.8. The second-order valence-electron chi connectivity index (χ2n) is 5.45. The van der Waals surface area contributed by atoms with Crippen LogP contribution in [0.25, 0.3) is 11.0 Å². The Morgan fingerprint density at radius 3 is 2.71 bits per heavy atom. The molecule has 120 valence electrons. The van der Waals surface area contributed by atoms with Crippen molar-refractivity contribution in [2.24, 2.45) is 0 Å². The highest BCUT2D eigenvalue weighted by Gasteiger charge is 2.21. The standard InChI is InChI=1S/C18H15N3O3/c22-18(15-10-19-13-5-1-2-6-14(13)21-15)20-9-12-11-23-16-7-3-4-8-17(16)24-12/h1-8,10,12H,9,11H2,(H,20,22). The number of fused-ring (bicyclic) bond motifs is 2. The second kappa shape index (κ2) is 6.16. The molecule has 2 heterocycles. The molecular formula is C18H15N3O3. The van der Waals surface area contributed by atoms with Gasteiger partial charge in [0, 0.05) is 0 Å². The van der Waals surface area contributed by atoms with Gasteiger partial charge in [0.25, 0.3) is 5.91 Å². The summed E-state index contributed by atoms with van der Waals surface area (Å²) in [4.78, 5) is 20.8. The lowest BCUT2D eigenvalue weighted by atomic mass is 10.2. The van der Waals surface area contributed by atoms with Crippen molar-refractivity contribution in [3.8, 4) is 11.5 Å². The zero-order chi connectivity index (χ0) is 16.4. The maximum Gasteiger partial charge on any atom is 0.271 e. The highest BCUT2D eigenvalue weighted by molar-refractivity contribution is 5.93. The molecule has 3 aromatic rings. The first-order valence-corrected chi connectivity index (χ1v) is 7.68. The maximum atomic E-state index is 12.3. The van der Waals surface area contributed by atoms with E-state index in [4.69, 9.17) is 9.47 Å². The summed E-state index contributed by atoms with van der Waals surface area (Å²) in [6, 6.07) is 14.9. The predicted molar refractivity (Wildman–Crippen MR) is 88.2 cm³/mol. The van der Waals surface area contributed by atoms with Crippen molar-refractivity contribution in [1.29, 1.82) is 0 Å². The molecule has 24 heavy (non-hydrogen) atoms. The largest absolute Gasteiger partial charge is 0.486 e. The lowest BCUT2D eigenvalue weighted by Crippen LogP contribution is -2.41. The van der Waals surface area contributed by atoms with Crippen LogP contribution in [0, 0.1) is 0 Å². The van der Waals surface area contributed by atoms with Crippen molar-refractivity contribution in [3.05, 3.63) is 60.4 Å². The molecule has 1 aliphatic heterocycles. The molecule has 1 amide bonds. The van der Waals surface area contributed by atoms with Gasteiger partial charge < -0.3 is 14.8 Å². The van der Waals surface area contributed by atoms with Gasteiger partial charge in [-0.15, -0.1) is 0 Å². The van der Waals surface area contributed by atoms with Crippen LogP contribution in [0.2, 0.25) is 0 Å². The normalized spacial score (nSPS) is 15.9. The van der Waals surface area contributed by atoms with Crippen LogP contribution >= 0.6 is 0 Å². The third-order valence-electron chi connectivity index (χ3n) is 3.74. The van der Waals surface area contributed by atoms with Crippen LogP contribution in [0.3, 0.4) is 0 Å². The number of carbonyl (C=O) groups excluding carboxylic acids is 1. The molecule has 0 bridgehead atoms. The Kier molecular flexibility index (Phi) is 3.70. The minimum Gasteiger partial charge on any atom is -0.486 e. The summed E-state index contributed by atoms with van der Waals surface area (Å²) in [7, 11) is 0. The predicted octanol–water partition coefficient (Wildman–Crippen LogP) is 2.20. The first kappa shape index (κ1) is 14.4. The smallest absolute Gasteiger partial charge is 0.271 e. The molecule has 6 nitrogen and oxygen atoms in total. The van der Waals surface area contributed by atoms with Gasteiger partial charge in [-0.05, 0) is 24.3 Å². The zero-order valence-electron chi connectivity index (χ0n) is 12.8. The van der Waals surface area contributed by atoms with E-state index in [2.05, 4.69) is 15.3 Å². The number of nitrogens with one attached hydrogen (secondary N) is 1. The van der Waals surface area contributed by atoms with Crippen LogP contribution in [0.5, 0.6) is 11.5 Å². The maximum absolute atomic E-state index is 12.3. The fourth-order valence-corrected chi connectivity index (χ4v) is 2.53. The molecule has 0 aliphatic carbocycles. The number of para-hydroxylation sites is 4. The van der Waals surface area contributed by atoms with Crippen LogP contribution in [0.15, 0.2) is 54.7 Å². The number of hydrogen-bond acceptors (Lipinski definition) is 5. The summed E-state index contributed by atoms with van der Waals surface area (Å²) < 4.78 is 11.4. The van der Waals surface area contributed by atoms with E-state index >= 15 is 0 Å². The van der Waals surface area contributed by atoms with E-state index in [1.807, 2.05) is 48.5 Å². The topological polar surface area (TPSA) is 73.3 Å². The molecule has 0 spiro atoms. The SMILES string of the molecule is O=C(NCC1COc2ccccc2O1)c1cnc2ccccc2n1. The fourth-order valence-electron chi connectivity index (χ4n) is 2.53. The number of rotatable bonds is 3. The first-order chi connectivity index (χ1) is 11.8. The molecule has 2 aromatic carbocycles. The Hall–Kier alpha value is -3.15. The molecule has 0 saturated carbocycles. The Morgan fingerprint density at radius 2 is 1.83 bits per heavy atom. The van der Waals surface area contributed by atoms with Crippen molar-refractivity contribution < 1.29 is 14.3 Å². The summed E-state index contributed by atoms with van der Waals surface area (Å²) in [5.41, 5.74) is 1.73. The van der Waals surface area contributed by atoms with E-state index < -0.39 is 0 Å². The third kappa shape index (κ3) is 2.86. The van der Waals surface area contributed by atoms with E-state index in [-0.39, 0.29) is 17.7 Å². The van der Waals surface area contributed by atoms with E-state index in [9.17, 15) is 4.79 Å². The van der Waals surface area contributed by atoms with Crippen molar-refractivity contribution in [1.82, 2.24) is 15.3 Å². The number of aromatic nitrogens is 2. The van der Waals surface area contributed by atoms with Crippen molar-refractivity contribution in [2.45, 2.75) is 6.10 Å². The fraction of sp³-hybridized carbons (Fsp3) is 0.167. The molecule has 0 radical (unpaired) electrons. The van der Waals surface area contributed by atoms with Gasteiger partial charge in [-0.2, -0.15) is 0 Å². The number of carbonyl (C=O) groups is 1. The summed E-state index contributed by atoms with van der Waals surface area (Å²) in [6.45, 7) is 0.725. The first-order valence-electron chi connectivity index (χ1n) is 7.68. The van der Waals surface area contributed by atoms with Gasteiger partial charge >= 0.3 is 0 Å². The van der Waals surface area contributed by atoms with Gasteiger partial charge in [0.05, 0.1) is 23.8 Å². The van der Waals surface area contributed by atoms with Crippen LogP contribution in [0.1, 0.15) is 10.5 Å². The number of amides is 1. The molecule has 4 rings (SSSR count). The Morgan fingerprint density at radius 1 is 1.08 bits per heavy atom. The van der Waals surface area contributed by atoms with E-state index in [0.717, 1.165) is 11.3 Å². The Bertz CT molecular complexity index is 897. The number of nitrogens with zero attached hydrogens (tertiary/aromatic N) is 2. The molecular weight excluding hydrogens is 306 g/mol. The van der Waals surface area contributed by atoms with Crippen molar-refractivity contribution in [2.75, 3.05) is 13.2 Å². The van der Waals surface area contributed by atoms with Crippen LogP contribution in [-0.2, 0) is 0 Å². The van der Waals surface area contributed by atoms with E-state index in [1.165, 1.54) is 6.20 Å². The molecule has 1 aliphatic rings. The molecule has 0 fully saturated rings. The second-order valence-corrected chi connectivity index (χ2v) is 5.45. The van der Waals surface area contributed by atoms with Gasteiger partial charge in [0.1, 0.15) is 18.4 Å². The van der Waals surface area contributed by atoms with Crippen molar-refractivity contribution in [3.63, 3.8) is 0 Å². The number of benzene rings is 2. The average molecular weight is 321 g/mol. The monoisotopic (exact) mass is 321 g/mol. The number of ether oxygens (including phenoxy) is 2. The molecule has 1 unspecified atom stereocenters. The molecule has 6 heteroatoms. The summed E-state index contributed by atoms with van der Waals surface area (Å²) >= 11 is 0. The van der Waals surface area contributed by atoms with Crippen LogP contribution < -0.4 is 14.8 Å². The van der Waals surface area contributed by atoms with Crippen LogP contribution in [-0.4, -0.2) is 35.1 Å². The van der Waals surface area contributed by atoms with Gasteiger partial charge in [-0.1, -0.05) is 24.3 Å². The van der Waals surface area contributed by atoms with Gasteiger partial charge in [-0.25, -0.2) is 4.98 Å². The van der Waals surface area contributed by atoms with Gasteiger partial charge in [-0.3, -0.25) is 9.78 Å². The van der Waals surface area contributed by atoms with Gasteiger partial charge in [0.15, 0.2) is 11.5 Å². The summed E-state index contributed by atoms with van der Waals surface area (Å²) in [6.07, 6.45) is 1.24. The number of hydrogen-bond donors (Lipinski definition) is 1. The lowest BCUT2D eigenvalue weighted by Gasteiger charge is -2.26. The van der Waals surface area contributed by atoms with E-state index in [1.54, 1.807) is 0 Å². The quantitative estimate of drug-likeness (QED) is 0.800. The molecule has 1 aromatic heterocycles. The highest BCUT2D eigenvalue weighted by atomic mass is 16.6. The van der Waals surface area contributed by atoms with Crippen molar-refractivity contribution >= 4 is 16.9 Å². The third-order valence-corrected chi connectivity index (χ3v) is 3.74. The lowest BCUT2D eigenvalue weighted by molar-refractivity contribution is 0.0786. The molecule has 1 atom stereocenters. The average Bonchev–Trinajstić information content (AvgIpc) is 2.65. The molecule has 1 N–H and O–H groups in total. The van der Waals surface area contributed by atoms with E-state index in [0.29, 0.717) is 24.4 Å². The van der Waals surface area contributed by atoms with Crippen LogP contribution in [0.4, 0.5) is 0 Å². The Balaban J connectivity index is 1.41. The minimum absolute atomic E-state index is 0.239. The Labute approximate surface area is 138 Å². The summed E-state index contributed by atoms with van der Waals surface area (Å²) in [5.74, 6) is 1.13. The summed E-state index contributed by atoms with van der Waals surface area (Å²) in [5, 5.41) is 2.82. The van der Waals surface area contributed by atoms with Gasteiger partial charge in [0.2, 0.25) is 0 Å². The minimum atomic E-state index is -0.282. The highest BCUT2D eigenvalue weighted by Crippen LogP contribution is 2.30.